The lowest BCUT2D eigenvalue weighted by Crippen LogP contribution is -2.50. The molecule has 2 aromatic rings. The quantitative estimate of drug-likeness (QED) is 0.371. The molecule has 2 aromatic carbocycles. The fourth-order valence-corrected chi connectivity index (χ4v) is 7.82. The smallest absolute Gasteiger partial charge is 0.414 e. The van der Waals surface area contributed by atoms with E-state index in [0.717, 1.165) is 11.3 Å². The summed E-state index contributed by atoms with van der Waals surface area (Å²) in [5.74, 6) is 0.859. The number of amides is 2. The molecule has 246 valence electrons. The Balaban J connectivity index is 1.14. The number of fused-ring (bicyclic) bond motifs is 1. The lowest BCUT2D eigenvalue weighted by atomic mass is 10.00. The third kappa shape index (κ3) is 7.71. The molecule has 2 amide bonds. The van der Waals surface area contributed by atoms with Crippen molar-refractivity contribution in [1.29, 1.82) is 0 Å². The highest BCUT2D eigenvalue weighted by molar-refractivity contribution is 7.89. The van der Waals surface area contributed by atoms with E-state index in [1.54, 1.807) is 28.0 Å². The van der Waals surface area contributed by atoms with Gasteiger partial charge in [0.25, 0.3) is 5.91 Å². The number of hydrogen-bond donors (Lipinski definition) is 1. The molecule has 0 bridgehead atoms. The van der Waals surface area contributed by atoms with Crippen molar-refractivity contribution in [2.24, 2.45) is 0 Å². The van der Waals surface area contributed by atoms with Crippen molar-refractivity contribution in [1.82, 2.24) is 14.1 Å². The van der Waals surface area contributed by atoms with E-state index in [9.17, 15) is 18.0 Å². The van der Waals surface area contributed by atoms with Gasteiger partial charge in [0.05, 0.1) is 30.7 Å². The van der Waals surface area contributed by atoms with Crippen LogP contribution in [-0.2, 0) is 21.4 Å². The van der Waals surface area contributed by atoms with Crippen molar-refractivity contribution >= 4 is 27.7 Å². The van der Waals surface area contributed by atoms with Crippen molar-refractivity contribution in [3.05, 3.63) is 53.6 Å². The number of nitrogens with zero attached hydrogens (tertiary/aromatic N) is 4. The molecule has 0 aromatic heterocycles. The number of likely N-dealkylation sites (tertiary alicyclic amines) is 1. The number of methoxy groups -OCH3 is 1. The highest BCUT2D eigenvalue weighted by Crippen LogP contribution is 2.33. The minimum Gasteiger partial charge on any atom is -0.496 e. The SMILES string of the molecule is CCN(CCO)CCS(=O)(=O)N1CCC(Oc2ccc(C(=O)N3CCC(N4C(=O)OCc5ccccc54)CC3)c(OC)c2)CC1. The summed E-state index contributed by atoms with van der Waals surface area (Å²) in [6.07, 6.45) is 1.87. The first-order valence-electron chi connectivity index (χ1n) is 15.7. The van der Waals surface area contributed by atoms with E-state index < -0.39 is 10.0 Å². The summed E-state index contributed by atoms with van der Waals surface area (Å²) in [5.41, 5.74) is 2.29. The number of aliphatic hydroxyl groups excluding tert-OH is 1. The predicted octanol–water partition coefficient (Wildman–Crippen LogP) is 2.94. The number of benzene rings is 2. The number of carbonyl (C=O) groups is 2. The normalized spacial score (nSPS) is 18.5. The Kier molecular flexibility index (Phi) is 10.9. The van der Waals surface area contributed by atoms with E-state index in [1.165, 1.54) is 11.4 Å². The number of ether oxygens (including phenoxy) is 3. The molecule has 0 radical (unpaired) electrons. The van der Waals surface area contributed by atoms with Crippen LogP contribution in [0.5, 0.6) is 11.5 Å². The summed E-state index contributed by atoms with van der Waals surface area (Å²) in [5, 5.41) is 9.16. The number of hydrogen-bond acceptors (Lipinski definition) is 9. The van der Waals surface area contributed by atoms with Gasteiger partial charge in [-0.15, -0.1) is 0 Å². The maximum atomic E-state index is 13.5. The van der Waals surface area contributed by atoms with Gasteiger partial charge in [-0.05, 0) is 50.4 Å². The van der Waals surface area contributed by atoms with Gasteiger partial charge in [-0.3, -0.25) is 9.69 Å². The van der Waals surface area contributed by atoms with Gasteiger partial charge in [-0.1, -0.05) is 25.1 Å². The van der Waals surface area contributed by atoms with Gasteiger partial charge >= 0.3 is 6.09 Å². The number of piperidine rings is 2. The molecule has 0 spiro atoms. The second kappa shape index (κ2) is 14.8. The lowest BCUT2D eigenvalue weighted by Gasteiger charge is -2.40. The highest BCUT2D eigenvalue weighted by atomic mass is 32.2. The summed E-state index contributed by atoms with van der Waals surface area (Å²) >= 11 is 0. The Labute approximate surface area is 265 Å². The minimum absolute atomic E-state index is 0.00324. The monoisotopic (exact) mass is 644 g/mol. The Hall–Kier alpha value is -3.39. The average Bonchev–Trinajstić information content (AvgIpc) is 3.06. The predicted molar refractivity (Wildman–Crippen MR) is 169 cm³/mol. The number of anilines is 1. The fraction of sp³-hybridized carbons (Fsp3) is 0.562. The Morgan fingerprint density at radius 1 is 1.04 bits per heavy atom. The van der Waals surface area contributed by atoms with E-state index >= 15 is 0 Å². The number of sulfonamides is 1. The number of para-hydroxylation sites is 1. The molecular weight excluding hydrogens is 600 g/mol. The van der Waals surface area contributed by atoms with Crippen LogP contribution in [-0.4, -0.2) is 117 Å². The second-order valence-electron chi connectivity index (χ2n) is 11.6. The number of likely N-dealkylation sites (N-methyl/N-ethyl adjacent to an activating group) is 1. The maximum absolute atomic E-state index is 13.5. The van der Waals surface area contributed by atoms with Crippen molar-refractivity contribution in [3.63, 3.8) is 0 Å². The largest absolute Gasteiger partial charge is 0.496 e. The first kappa shape index (κ1) is 33.0. The standard InChI is InChI=1S/C32H44N4O8S/c1-3-33(18-20-37)19-21-45(40,41)35-16-12-26(13-17-35)44-27-8-9-28(30(22-27)42-2)31(38)34-14-10-25(11-15-34)36-29-7-5-4-6-24(29)23-43-32(36)39/h4-9,22,25-26,37H,3,10-21,23H2,1-2H3. The molecule has 0 aliphatic carbocycles. The molecule has 0 atom stereocenters. The van der Waals surface area contributed by atoms with Crippen LogP contribution in [0.15, 0.2) is 42.5 Å². The molecule has 2 saturated heterocycles. The van der Waals surface area contributed by atoms with Crippen LogP contribution in [0.3, 0.4) is 0 Å². The second-order valence-corrected chi connectivity index (χ2v) is 13.7. The van der Waals surface area contributed by atoms with Gasteiger partial charge < -0.3 is 29.1 Å². The Morgan fingerprint density at radius 2 is 1.78 bits per heavy atom. The number of carbonyl (C=O) groups excluding carboxylic acids is 2. The van der Waals surface area contributed by atoms with Crippen molar-refractivity contribution in [3.8, 4) is 11.5 Å². The molecule has 0 unspecified atom stereocenters. The minimum atomic E-state index is -3.40. The Bertz CT molecular complexity index is 1440. The molecule has 12 nitrogen and oxygen atoms in total. The zero-order valence-electron chi connectivity index (χ0n) is 26.1. The summed E-state index contributed by atoms with van der Waals surface area (Å²) in [6.45, 7) is 5.50. The van der Waals surface area contributed by atoms with Crippen molar-refractivity contribution in [2.75, 3.05) is 70.2 Å². The van der Waals surface area contributed by atoms with Gasteiger partial charge in [-0.2, -0.15) is 0 Å². The van der Waals surface area contributed by atoms with Gasteiger partial charge in [-0.25, -0.2) is 17.5 Å². The van der Waals surface area contributed by atoms with Crippen molar-refractivity contribution < 1.29 is 37.3 Å². The molecule has 3 aliphatic heterocycles. The molecule has 45 heavy (non-hydrogen) atoms. The molecule has 5 rings (SSSR count). The van der Waals surface area contributed by atoms with Crippen LogP contribution < -0.4 is 14.4 Å². The van der Waals surface area contributed by atoms with Crippen LogP contribution >= 0.6 is 0 Å². The summed E-state index contributed by atoms with van der Waals surface area (Å²) in [6, 6.07) is 12.9. The zero-order valence-corrected chi connectivity index (χ0v) is 26.9. The topological polar surface area (TPSA) is 129 Å². The molecular formula is C32H44N4O8S. The van der Waals surface area contributed by atoms with Crippen LogP contribution in [0.1, 0.15) is 48.5 Å². The third-order valence-corrected chi connectivity index (χ3v) is 10.8. The van der Waals surface area contributed by atoms with Gasteiger partial charge in [0.15, 0.2) is 0 Å². The third-order valence-electron chi connectivity index (χ3n) is 8.95. The summed E-state index contributed by atoms with van der Waals surface area (Å²) in [4.78, 5) is 31.6. The first-order chi connectivity index (χ1) is 21.7. The molecule has 2 fully saturated rings. The van der Waals surface area contributed by atoms with Crippen LogP contribution in [0.4, 0.5) is 10.5 Å². The maximum Gasteiger partial charge on any atom is 0.414 e. The highest BCUT2D eigenvalue weighted by Gasteiger charge is 2.36. The lowest BCUT2D eigenvalue weighted by molar-refractivity contribution is 0.0705. The number of rotatable bonds is 12. The van der Waals surface area contributed by atoms with Gasteiger partial charge in [0.1, 0.15) is 24.2 Å². The summed E-state index contributed by atoms with van der Waals surface area (Å²) in [7, 11) is -1.88. The van der Waals surface area contributed by atoms with Crippen LogP contribution in [0, 0.1) is 0 Å². The van der Waals surface area contributed by atoms with Crippen molar-refractivity contribution in [2.45, 2.75) is 51.4 Å². The average molecular weight is 645 g/mol. The van der Waals surface area contributed by atoms with E-state index in [1.807, 2.05) is 36.1 Å². The van der Waals surface area contributed by atoms with E-state index in [0.29, 0.717) is 88.6 Å². The summed E-state index contributed by atoms with van der Waals surface area (Å²) < 4.78 is 44.5. The molecule has 13 heteroatoms. The zero-order chi connectivity index (χ0) is 32.0. The molecule has 1 N–H and O–H groups in total. The van der Waals surface area contributed by atoms with Gasteiger partial charge in [0.2, 0.25) is 10.0 Å². The van der Waals surface area contributed by atoms with Gasteiger partial charge in [0, 0.05) is 56.9 Å². The van der Waals surface area contributed by atoms with E-state index in [4.69, 9.17) is 19.3 Å². The number of aliphatic hydroxyl groups is 1. The molecule has 0 saturated carbocycles. The number of cyclic esters (lactones) is 1. The molecule has 3 heterocycles. The van der Waals surface area contributed by atoms with Crippen LogP contribution in [0.2, 0.25) is 0 Å². The first-order valence-corrected chi connectivity index (χ1v) is 17.3. The Morgan fingerprint density at radius 3 is 2.47 bits per heavy atom. The molecule has 3 aliphatic rings. The van der Waals surface area contributed by atoms with E-state index in [2.05, 4.69) is 0 Å². The fourth-order valence-electron chi connectivity index (χ4n) is 6.30. The van der Waals surface area contributed by atoms with E-state index in [-0.39, 0.29) is 43.1 Å². The van der Waals surface area contributed by atoms with Crippen LogP contribution in [0.25, 0.3) is 0 Å².